The van der Waals surface area contributed by atoms with Crippen molar-refractivity contribution in [3.05, 3.63) is 18.3 Å². The van der Waals surface area contributed by atoms with Gasteiger partial charge in [0.1, 0.15) is 10.7 Å². The molecule has 0 fully saturated rings. The Morgan fingerprint density at radius 3 is 2.72 bits per heavy atom. The number of sulfonamides is 1. The van der Waals surface area contributed by atoms with Crippen LogP contribution in [0.25, 0.3) is 0 Å². The van der Waals surface area contributed by atoms with Crippen molar-refractivity contribution in [2.45, 2.75) is 31.3 Å². The third-order valence-corrected chi connectivity index (χ3v) is 3.76. The summed E-state index contributed by atoms with van der Waals surface area (Å²) in [4.78, 5) is 3.74. The van der Waals surface area contributed by atoms with E-state index in [2.05, 4.69) is 9.71 Å². The zero-order valence-corrected chi connectivity index (χ0v) is 11.6. The first-order valence-corrected chi connectivity index (χ1v) is 7.11. The van der Waals surface area contributed by atoms with Crippen LogP contribution >= 0.6 is 0 Å². The molecule has 0 spiro atoms. The Bertz CT molecular complexity index is 500. The van der Waals surface area contributed by atoms with Gasteiger partial charge in [0.15, 0.2) is 0 Å². The molecule has 0 radical (unpaired) electrons. The van der Waals surface area contributed by atoms with Gasteiger partial charge in [-0.2, -0.15) is 0 Å². The Morgan fingerprint density at radius 1 is 1.50 bits per heavy atom. The fourth-order valence-corrected chi connectivity index (χ4v) is 2.70. The van der Waals surface area contributed by atoms with Gasteiger partial charge in [0, 0.05) is 19.3 Å². The molecule has 0 amide bonds. The summed E-state index contributed by atoms with van der Waals surface area (Å²) < 4.78 is 31.9. The lowest BCUT2D eigenvalue weighted by molar-refractivity contribution is -0.00515. The van der Waals surface area contributed by atoms with Crippen molar-refractivity contribution in [2.24, 2.45) is 0 Å². The van der Waals surface area contributed by atoms with Crippen LogP contribution in [0.1, 0.15) is 20.8 Å². The van der Waals surface area contributed by atoms with Crippen LogP contribution in [0.3, 0.4) is 0 Å². The van der Waals surface area contributed by atoms with Crippen molar-refractivity contribution in [1.29, 1.82) is 0 Å². The van der Waals surface area contributed by atoms with Crippen LogP contribution in [-0.4, -0.2) is 32.2 Å². The predicted octanol–water partition coefficient (Wildman–Crippen LogP) is 0.757. The average Bonchev–Trinajstić information content (AvgIpc) is 2.27. The first-order valence-electron chi connectivity index (χ1n) is 5.62. The zero-order chi connectivity index (χ0) is 13.8. The molecule has 1 aromatic heterocycles. The van der Waals surface area contributed by atoms with Crippen molar-refractivity contribution < 1.29 is 13.2 Å². The maximum absolute atomic E-state index is 12.0. The van der Waals surface area contributed by atoms with Crippen LogP contribution < -0.4 is 10.5 Å². The van der Waals surface area contributed by atoms with E-state index in [1.807, 2.05) is 20.8 Å². The lowest BCUT2D eigenvalue weighted by Gasteiger charge is -2.24. The molecule has 18 heavy (non-hydrogen) atoms. The highest BCUT2D eigenvalue weighted by Crippen LogP contribution is 2.15. The SMILES string of the molecule is CCOC(C)(C)CNS(=O)(=O)c1cccnc1N. The number of pyridine rings is 1. The van der Waals surface area contributed by atoms with Gasteiger partial charge < -0.3 is 10.5 Å². The Labute approximate surface area is 108 Å². The number of nitrogens with two attached hydrogens (primary N) is 1. The highest BCUT2D eigenvalue weighted by Gasteiger charge is 2.23. The molecule has 0 aliphatic heterocycles. The molecule has 0 bridgehead atoms. The van der Waals surface area contributed by atoms with Crippen molar-refractivity contribution in [3.8, 4) is 0 Å². The summed E-state index contributed by atoms with van der Waals surface area (Å²) in [5.74, 6) is -0.0146. The monoisotopic (exact) mass is 273 g/mol. The number of hydrogen-bond donors (Lipinski definition) is 2. The summed E-state index contributed by atoms with van der Waals surface area (Å²) in [6, 6.07) is 2.94. The number of ether oxygens (including phenoxy) is 1. The largest absolute Gasteiger partial charge is 0.383 e. The van der Waals surface area contributed by atoms with E-state index in [1.165, 1.54) is 18.3 Å². The Morgan fingerprint density at radius 2 is 2.17 bits per heavy atom. The minimum absolute atomic E-state index is 0.0146. The molecule has 0 saturated carbocycles. The van der Waals surface area contributed by atoms with Gasteiger partial charge in [-0.1, -0.05) is 0 Å². The van der Waals surface area contributed by atoms with Gasteiger partial charge in [0.2, 0.25) is 10.0 Å². The lowest BCUT2D eigenvalue weighted by Crippen LogP contribution is -2.40. The third kappa shape index (κ3) is 3.94. The second kappa shape index (κ2) is 5.64. The molecule has 1 aromatic rings. The molecule has 0 aliphatic rings. The van der Waals surface area contributed by atoms with Crippen molar-refractivity contribution >= 4 is 15.8 Å². The summed E-state index contributed by atoms with van der Waals surface area (Å²) in [5, 5.41) is 0. The standard InChI is InChI=1S/C11H19N3O3S/c1-4-17-11(2,3)8-14-18(15,16)9-6-5-7-13-10(9)12/h5-7,14H,4,8H2,1-3H3,(H2,12,13). The van der Waals surface area contributed by atoms with E-state index < -0.39 is 15.6 Å². The van der Waals surface area contributed by atoms with Gasteiger partial charge in [-0.25, -0.2) is 18.1 Å². The highest BCUT2D eigenvalue weighted by molar-refractivity contribution is 7.89. The minimum atomic E-state index is -3.66. The summed E-state index contributed by atoms with van der Waals surface area (Å²) in [6.45, 7) is 6.16. The van der Waals surface area contributed by atoms with Crippen molar-refractivity contribution in [1.82, 2.24) is 9.71 Å². The molecule has 0 aromatic carbocycles. The zero-order valence-electron chi connectivity index (χ0n) is 10.8. The van der Waals surface area contributed by atoms with Crippen LogP contribution in [0.15, 0.2) is 23.2 Å². The topological polar surface area (TPSA) is 94.3 Å². The van der Waals surface area contributed by atoms with Crippen LogP contribution in [0.4, 0.5) is 5.82 Å². The number of rotatable bonds is 6. The van der Waals surface area contributed by atoms with Crippen molar-refractivity contribution in [3.63, 3.8) is 0 Å². The Balaban J connectivity index is 2.81. The highest BCUT2D eigenvalue weighted by atomic mass is 32.2. The first kappa shape index (κ1) is 14.9. The maximum atomic E-state index is 12.0. The Hall–Kier alpha value is -1.18. The number of aromatic nitrogens is 1. The van der Waals surface area contributed by atoms with Gasteiger partial charge in [-0.15, -0.1) is 0 Å². The summed E-state index contributed by atoms with van der Waals surface area (Å²) in [7, 11) is -3.66. The van der Waals surface area contributed by atoms with E-state index >= 15 is 0 Å². The molecule has 7 heteroatoms. The summed E-state index contributed by atoms with van der Waals surface area (Å²) in [6.07, 6.45) is 1.44. The molecule has 0 atom stereocenters. The fraction of sp³-hybridized carbons (Fsp3) is 0.545. The minimum Gasteiger partial charge on any atom is -0.383 e. The molecule has 0 unspecified atom stereocenters. The van der Waals surface area contributed by atoms with E-state index in [-0.39, 0.29) is 17.3 Å². The second-order valence-electron chi connectivity index (χ2n) is 4.40. The first-order chi connectivity index (χ1) is 8.28. The predicted molar refractivity (Wildman–Crippen MR) is 69.5 cm³/mol. The number of nitrogens with zero attached hydrogens (tertiary/aromatic N) is 1. The molecule has 1 rings (SSSR count). The number of nitrogens with one attached hydrogen (secondary N) is 1. The Kier molecular flexibility index (Phi) is 4.66. The number of anilines is 1. The van der Waals surface area contributed by atoms with Crippen molar-refractivity contribution in [2.75, 3.05) is 18.9 Å². The van der Waals surface area contributed by atoms with Gasteiger partial charge in [0.05, 0.1) is 5.60 Å². The quantitative estimate of drug-likeness (QED) is 0.798. The van der Waals surface area contributed by atoms with Crippen LogP contribution in [0, 0.1) is 0 Å². The third-order valence-electron chi connectivity index (χ3n) is 2.31. The summed E-state index contributed by atoms with van der Waals surface area (Å²) >= 11 is 0. The molecule has 102 valence electrons. The number of nitrogen functional groups attached to an aromatic ring is 1. The van der Waals surface area contributed by atoms with Gasteiger partial charge >= 0.3 is 0 Å². The van der Waals surface area contributed by atoms with E-state index in [4.69, 9.17) is 10.5 Å². The van der Waals surface area contributed by atoms with Crippen LogP contribution in [0.5, 0.6) is 0 Å². The van der Waals surface area contributed by atoms with Gasteiger partial charge in [-0.3, -0.25) is 0 Å². The molecule has 6 nitrogen and oxygen atoms in total. The van der Waals surface area contributed by atoms with Crippen LogP contribution in [0.2, 0.25) is 0 Å². The lowest BCUT2D eigenvalue weighted by atomic mass is 10.1. The normalized spacial score (nSPS) is 12.6. The van der Waals surface area contributed by atoms with Gasteiger partial charge in [-0.05, 0) is 32.9 Å². The second-order valence-corrected chi connectivity index (χ2v) is 6.14. The molecule has 3 N–H and O–H groups in total. The molecular weight excluding hydrogens is 254 g/mol. The number of hydrogen-bond acceptors (Lipinski definition) is 5. The average molecular weight is 273 g/mol. The van der Waals surface area contributed by atoms with E-state index in [0.717, 1.165) is 0 Å². The smallest absolute Gasteiger partial charge is 0.244 e. The van der Waals surface area contributed by atoms with E-state index in [1.54, 1.807) is 0 Å². The van der Waals surface area contributed by atoms with E-state index in [9.17, 15) is 8.42 Å². The maximum Gasteiger partial charge on any atom is 0.244 e. The molecular formula is C11H19N3O3S. The molecule has 0 saturated heterocycles. The van der Waals surface area contributed by atoms with Gasteiger partial charge in [0.25, 0.3) is 0 Å². The van der Waals surface area contributed by atoms with E-state index in [0.29, 0.717) is 6.61 Å². The fourth-order valence-electron chi connectivity index (χ4n) is 1.42. The molecule has 0 aliphatic carbocycles. The summed E-state index contributed by atoms with van der Waals surface area (Å²) in [5.41, 5.74) is 4.97. The molecule has 1 heterocycles. The van der Waals surface area contributed by atoms with Crippen LogP contribution in [-0.2, 0) is 14.8 Å².